The van der Waals surface area contributed by atoms with Crippen LogP contribution in [0.4, 0.5) is 0 Å². The number of allylic oxidation sites excluding steroid dienone is 1. The number of aromatic nitrogens is 2. The lowest BCUT2D eigenvalue weighted by Gasteiger charge is -2.11. The van der Waals surface area contributed by atoms with Crippen molar-refractivity contribution in [3.63, 3.8) is 0 Å². The highest BCUT2D eigenvalue weighted by Crippen LogP contribution is 2.21. The minimum absolute atomic E-state index is 0.291. The van der Waals surface area contributed by atoms with Crippen molar-refractivity contribution in [1.29, 1.82) is 0 Å². The lowest BCUT2D eigenvalue weighted by atomic mass is 10.1. The minimum Gasteiger partial charge on any atom is -0.488 e. The van der Waals surface area contributed by atoms with Gasteiger partial charge >= 0.3 is 0 Å². The summed E-state index contributed by atoms with van der Waals surface area (Å²) in [5.74, 6) is -0.448. The number of thiol groups is 1. The molecular weight excluding hydrogens is 354 g/mol. The van der Waals surface area contributed by atoms with Crippen LogP contribution in [0.3, 0.4) is 0 Å². The predicted molar refractivity (Wildman–Crippen MR) is 102 cm³/mol. The molecule has 140 valence electrons. The first-order valence-corrected chi connectivity index (χ1v) is 8.47. The van der Waals surface area contributed by atoms with Crippen LogP contribution >= 0.6 is 12.6 Å². The second kappa shape index (κ2) is 8.13. The first-order chi connectivity index (χ1) is 12.2. The maximum Gasteiger partial charge on any atom is 0.256 e. The molecule has 0 spiro atoms. The number of rotatable bonds is 7. The molecule has 9 heteroatoms. The quantitative estimate of drug-likeness (QED) is 0.538. The summed E-state index contributed by atoms with van der Waals surface area (Å²) in [6, 6.07) is 2.69. The number of carbonyl (C=O) groups excluding carboxylic acids is 2. The normalized spacial score (nSPS) is 13.1. The maximum atomic E-state index is 12.5. The molecule has 0 bridgehead atoms. The largest absolute Gasteiger partial charge is 0.488 e. The van der Waals surface area contributed by atoms with E-state index in [0.29, 0.717) is 29.1 Å². The molecule has 0 radical (unpaired) electrons. The van der Waals surface area contributed by atoms with Crippen LogP contribution < -0.4 is 21.1 Å². The van der Waals surface area contributed by atoms with Gasteiger partial charge in [0, 0.05) is 29.9 Å². The smallest absolute Gasteiger partial charge is 0.256 e. The molecule has 1 atom stereocenters. The van der Waals surface area contributed by atoms with Gasteiger partial charge in [0.25, 0.3) is 5.91 Å². The maximum absolute atomic E-state index is 12.5. The molecule has 0 saturated carbocycles. The summed E-state index contributed by atoms with van der Waals surface area (Å²) < 4.78 is 7.33. The van der Waals surface area contributed by atoms with E-state index in [1.54, 1.807) is 29.8 Å². The Hall–Kier alpha value is -2.68. The first kappa shape index (κ1) is 19.6. The second-order valence-electron chi connectivity index (χ2n) is 5.86. The molecule has 0 fully saturated rings. The molecule has 2 heterocycles. The zero-order chi connectivity index (χ0) is 19.4. The van der Waals surface area contributed by atoms with Gasteiger partial charge in [-0.3, -0.25) is 9.59 Å². The van der Waals surface area contributed by atoms with Gasteiger partial charge in [0.1, 0.15) is 18.4 Å². The number of aryl methyl sites for hydroxylation is 1. The number of primary amides is 1. The number of ether oxygens (including phenoxy) is 1. The number of pyridine rings is 1. The number of fused-ring (bicyclic) bond motifs is 1. The third-order valence-corrected chi connectivity index (χ3v) is 4.43. The number of nitrogens with one attached hydrogen (secondary N) is 2. The number of hydrogen-bond acceptors (Lipinski definition) is 6. The fourth-order valence-electron chi connectivity index (χ4n) is 2.26. The molecule has 0 saturated heterocycles. The van der Waals surface area contributed by atoms with E-state index in [1.165, 1.54) is 6.92 Å². The molecule has 1 unspecified atom stereocenters. The van der Waals surface area contributed by atoms with Crippen LogP contribution in [0.15, 0.2) is 28.9 Å². The Balaban J connectivity index is 2.30. The Bertz CT molecular complexity index is 875. The molecule has 0 aliphatic heterocycles. The summed E-state index contributed by atoms with van der Waals surface area (Å²) in [5, 5.41) is 9.89. The predicted octanol–water partition coefficient (Wildman–Crippen LogP) is 1.01. The number of carbonyl (C=O) groups is 2. The standard InChI is InChI=1S/C17H23N5O3S/c1-9(19-4)14(26)8-25-12-5-6-22-13(7-12)15(10(2)21-22)17(24)20-11(3)16(18)23/h5-7,11,19,26H,8H2,1-4H3,(H2,18,23)(H,20,24)/b14-9-. The summed E-state index contributed by atoms with van der Waals surface area (Å²) in [7, 11) is 1.81. The highest BCUT2D eigenvalue weighted by molar-refractivity contribution is 7.84. The summed E-state index contributed by atoms with van der Waals surface area (Å²) in [6.45, 7) is 5.44. The molecule has 2 rings (SSSR count). The van der Waals surface area contributed by atoms with Crippen LogP contribution in [0.2, 0.25) is 0 Å². The Morgan fingerprint density at radius 2 is 2.15 bits per heavy atom. The average Bonchev–Trinajstić information content (AvgIpc) is 2.93. The molecule has 2 aromatic heterocycles. The Labute approximate surface area is 157 Å². The van der Waals surface area contributed by atoms with E-state index in [4.69, 9.17) is 10.5 Å². The van der Waals surface area contributed by atoms with Gasteiger partial charge in [0.2, 0.25) is 5.91 Å². The number of hydrogen-bond donors (Lipinski definition) is 4. The van der Waals surface area contributed by atoms with E-state index >= 15 is 0 Å². The molecule has 0 aliphatic rings. The van der Waals surface area contributed by atoms with Crippen LogP contribution in [-0.2, 0) is 4.79 Å². The molecule has 4 N–H and O–H groups in total. The van der Waals surface area contributed by atoms with Crippen molar-refractivity contribution in [2.45, 2.75) is 26.8 Å². The highest BCUT2D eigenvalue weighted by atomic mass is 32.1. The van der Waals surface area contributed by atoms with E-state index in [0.717, 1.165) is 10.6 Å². The van der Waals surface area contributed by atoms with Crippen molar-refractivity contribution in [3.05, 3.63) is 40.2 Å². The summed E-state index contributed by atoms with van der Waals surface area (Å²) >= 11 is 4.39. The topological polar surface area (TPSA) is 111 Å². The summed E-state index contributed by atoms with van der Waals surface area (Å²) in [6.07, 6.45) is 1.71. The van der Waals surface area contributed by atoms with Crippen molar-refractivity contribution in [2.75, 3.05) is 13.7 Å². The van der Waals surface area contributed by atoms with Crippen molar-refractivity contribution in [3.8, 4) is 5.75 Å². The molecule has 2 aromatic rings. The average molecular weight is 377 g/mol. The molecule has 0 aromatic carbocycles. The lowest BCUT2D eigenvalue weighted by Crippen LogP contribution is -2.42. The summed E-state index contributed by atoms with van der Waals surface area (Å²) in [4.78, 5) is 24.5. The molecule has 8 nitrogen and oxygen atoms in total. The zero-order valence-corrected chi connectivity index (χ0v) is 16.1. The van der Waals surface area contributed by atoms with Gasteiger partial charge < -0.3 is 21.1 Å². The molecular formula is C17H23N5O3S. The second-order valence-corrected chi connectivity index (χ2v) is 6.40. The Morgan fingerprint density at radius 3 is 2.77 bits per heavy atom. The van der Waals surface area contributed by atoms with Crippen molar-refractivity contribution in [2.24, 2.45) is 5.73 Å². The van der Waals surface area contributed by atoms with Crippen LogP contribution in [-0.4, -0.2) is 41.1 Å². The monoisotopic (exact) mass is 377 g/mol. The van der Waals surface area contributed by atoms with Gasteiger partial charge in [-0.25, -0.2) is 4.52 Å². The SMILES string of the molecule is CN/C(C)=C(\S)COc1ccn2nc(C)c(C(=O)NC(C)C(N)=O)c2c1. The number of nitrogens with zero attached hydrogens (tertiary/aromatic N) is 2. The Kier molecular flexibility index (Phi) is 6.14. The number of amides is 2. The van der Waals surface area contributed by atoms with Gasteiger partial charge in [-0.1, -0.05) is 0 Å². The van der Waals surface area contributed by atoms with Crippen molar-refractivity contribution < 1.29 is 14.3 Å². The lowest BCUT2D eigenvalue weighted by molar-refractivity contribution is -0.119. The molecule has 26 heavy (non-hydrogen) atoms. The van der Waals surface area contributed by atoms with E-state index in [9.17, 15) is 9.59 Å². The van der Waals surface area contributed by atoms with E-state index in [1.807, 2.05) is 14.0 Å². The van der Waals surface area contributed by atoms with Crippen LogP contribution in [0.25, 0.3) is 5.52 Å². The third kappa shape index (κ3) is 4.29. The zero-order valence-electron chi connectivity index (χ0n) is 15.2. The van der Waals surface area contributed by atoms with Crippen molar-refractivity contribution in [1.82, 2.24) is 20.2 Å². The fraction of sp³-hybridized carbons (Fsp3) is 0.353. The highest BCUT2D eigenvalue weighted by Gasteiger charge is 2.21. The van der Waals surface area contributed by atoms with Gasteiger partial charge in [-0.05, 0) is 26.8 Å². The first-order valence-electron chi connectivity index (χ1n) is 8.03. The Morgan fingerprint density at radius 1 is 1.46 bits per heavy atom. The van der Waals surface area contributed by atoms with Crippen LogP contribution in [0.5, 0.6) is 5.75 Å². The van der Waals surface area contributed by atoms with E-state index < -0.39 is 17.9 Å². The van der Waals surface area contributed by atoms with Crippen molar-refractivity contribution >= 4 is 30.0 Å². The molecule has 0 aliphatic carbocycles. The van der Waals surface area contributed by atoms with E-state index in [-0.39, 0.29) is 0 Å². The molecule has 2 amide bonds. The van der Waals surface area contributed by atoms with Gasteiger partial charge in [0.15, 0.2) is 0 Å². The van der Waals surface area contributed by atoms with Crippen LogP contribution in [0, 0.1) is 6.92 Å². The van der Waals surface area contributed by atoms with Gasteiger partial charge in [0.05, 0.1) is 16.8 Å². The van der Waals surface area contributed by atoms with Crippen LogP contribution in [0.1, 0.15) is 29.9 Å². The van der Waals surface area contributed by atoms with E-state index in [2.05, 4.69) is 28.4 Å². The summed E-state index contributed by atoms with van der Waals surface area (Å²) in [5.41, 5.74) is 7.60. The van der Waals surface area contributed by atoms with Gasteiger partial charge in [-0.2, -0.15) is 5.10 Å². The third-order valence-electron chi connectivity index (χ3n) is 3.97. The minimum atomic E-state index is -0.780. The number of nitrogens with two attached hydrogens (primary N) is 1. The fourth-order valence-corrected chi connectivity index (χ4v) is 2.44. The van der Waals surface area contributed by atoms with Gasteiger partial charge in [-0.15, -0.1) is 12.6 Å².